The van der Waals surface area contributed by atoms with E-state index in [4.69, 9.17) is 38.4 Å². The zero-order chi connectivity index (χ0) is 58.2. The number of carbonyl (C=O) groups excluding carboxylic acids is 5. The second-order valence-corrected chi connectivity index (χ2v) is 20.7. The maximum absolute atomic E-state index is 13.6. The second kappa shape index (κ2) is 32.9. The molecule has 5 amide bonds. The third-order valence-corrected chi connectivity index (χ3v) is 15.7. The third-order valence-electron chi connectivity index (χ3n) is 15.7. The molecule has 0 bridgehead atoms. The summed E-state index contributed by atoms with van der Waals surface area (Å²) >= 11 is 0. The van der Waals surface area contributed by atoms with Crippen LogP contribution in [0.5, 0.6) is 17.2 Å². The maximum Gasteiger partial charge on any atom is 0.337 e. The van der Waals surface area contributed by atoms with E-state index in [1.54, 1.807) is 62.2 Å². The lowest BCUT2D eigenvalue weighted by Gasteiger charge is -2.38. The van der Waals surface area contributed by atoms with E-state index in [9.17, 15) is 24.0 Å². The Hall–Kier alpha value is -7.44. The number of likely N-dealkylation sites (tertiary alicyclic amines) is 2. The summed E-state index contributed by atoms with van der Waals surface area (Å²) in [5.41, 5.74) is 8.79. The molecule has 460 valence electrons. The number of rotatable bonds is 8. The van der Waals surface area contributed by atoms with Gasteiger partial charge in [-0.25, -0.2) is 24.7 Å². The third kappa shape index (κ3) is 16.7. The van der Waals surface area contributed by atoms with Crippen molar-refractivity contribution in [1.82, 2.24) is 30.4 Å². The molecule has 19 nitrogen and oxygen atoms in total. The summed E-state index contributed by atoms with van der Waals surface area (Å²) < 4.78 is 38.5. The number of piperidine rings is 2. The fourth-order valence-corrected chi connectivity index (χ4v) is 10.9. The summed E-state index contributed by atoms with van der Waals surface area (Å²) in [6.07, 6.45) is 3.71. The molecule has 22 heteroatoms. The Balaban J connectivity index is 0.000000207. The van der Waals surface area contributed by atoms with Crippen LogP contribution < -0.4 is 25.0 Å². The molecule has 0 aromatic heterocycles. The monoisotopic (exact) mass is 1230 g/mol. The molecule has 0 spiro atoms. The molecule has 11 rings (SSSR count). The molecule has 2 saturated heterocycles. The average molecular weight is 1240 g/mol. The van der Waals surface area contributed by atoms with Gasteiger partial charge in [-0.15, -0.1) is 0 Å². The van der Waals surface area contributed by atoms with Crippen molar-refractivity contribution < 1.29 is 62.3 Å². The average Bonchev–Trinajstić information content (AvgIpc) is 2.93. The standard InChI is InChI=1S/C24H28N2O5.C23H27N3O5.C17H17NO3.3H2S/c1-29-20-10-12-25(13-11-20)24(28)26-15-19-9-8-18(23(27)30-2)14-22(19)31-16-21(26)17-6-4-3-5-7-17;1-30-19-9-11-25(12-10-19)23(28)26-14-18-8-7-17(22(27)24-29)13-21(18)31-15-20(26)16-5-3-2-4-6-16;1-20-17(19)13-7-8-14-10-18-15(11-21-16(14)9-13)12-5-3-2-4-6-12;;;/h3-9,14,20-21H,10-13,15-16H2,1-2H3;2-8,13,19-20,29H,9-12,14-15H2,1H3,(H,24,27);2-9,15,18H,10-11H2,1H3;3*1H2/t21-;20-;15-;;;/m111.../s1. The van der Waals surface area contributed by atoms with Crippen molar-refractivity contribution in [2.45, 2.75) is 75.7 Å². The number of hydroxylamine groups is 1. The van der Waals surface area contributed by atoms with Gasteiger partial charge in [0, 0.05) is 69.2 Å². The van der Waals surface area contributed by atoms with Crippen molar-refractivity contribution in [2.24, 2.45) is 0 Å². The quantitative estimate of drug-likeness (QED) is 0.0737. The van der Waals surface area contributed by atoms with Gasteiger partial charge in [0.1, 0.15) is 37.1 Å². The number of fused-ring (bicyclic) bond motifs is 3. The van der Waals surface area contributed by atoms with E-state index in [1.165, 1.54) is 19.8 Å². The Morgan fingerprint density at radius 3 is 1.27 bits per heavy atom. The van der Waals surface area contributed by atoms with E-state index >= 15 is 0 Å². The molecule has 86 heavy (non-hydrogen) atoms. The van der Waals surface area contributed by atoms with Crippen molar-refractivity contribution in [3.63, 3.8) is 0 Å². The van der Waals surface area contributed by atoms with Crippen LogP contribution in [0, 0.1) is 0 Å². The van der Waals surface area contributed by atoms with Crippen molar-refractivity contribution in [3.05, 3.63) is 196 Å². The molecule has 6 aromatic carbocycles. The number of amides is 5. The SMILES string of the molecule is COC(=O)c1ccc2c(c1)OC[C@H](c1ccccc1)N(C(=O)N1CCC(OC)CC1)C2.COC(=O)c1ccc2c(c1)OC[C@H](c1ccccc1)NC2.COC1CCN(C(=O)N2Cc3ccc(C(=O)NO)cc3OC[C@@H]2c2ccccc2)CC1.S.S.S. The molecule has 3 atom stereocenters. The lowest BCUT2D eigenvalue weighted by Crippen LogP contribution is -2.49. The molecule has 3 N–H and O–H groups in total. The van der Waals surface area contributed by atoms with Gasteiger partial charge in [-0.1, -0.05) is 109 Å². The van der Waals surface area contributed by atoms with Crippen LogP contribution in [0.3, 0.4) is 0 Å². The van der Waals surface area contributed by atoms with Crippen LogP contribution >= 0.6 is 40.5 Å². The van der Waals surface area contributed by atoms with E-state index in [-0.39, 0.29) is 95.5 Å². The van der Waals surface area contributed by atoms with Gasteiger partial charge in [0.05, 0.1) is 68.8 Å². The Labute approximate surface area is 523 Å². The van der Waals surface area contributed by atoms with Gasteiger partial charge in [-0.3, -0.25) is 10.0 Å². The highest BCUT2D eigenvalue weighted by Gasteiger charge is 2.37. The van der Waals surface area contributed by atoms with E-state index in [2.05, 4.69) is 17.4 Å². The smallest absolute Gasteiger partial charge is 0.337 e. The van der Waals surface area contributed by atoms with Gasteiger partial charge in [0.2, 0.25) is 0 Å². The number of nitrogens with one attached hydrogen (secondary N) is 2. The van der Waals surface area contributed by atoms with E-state index in [1.807, 2.05) is 111 Å². The minimum Gasteiger partial charge on any atom is -0.491 e. The number of nitrogens with zero attached hydrogens (tertiary/aromatic N) is 4. The van der Waals surface area contributed by atoms with Gasteiger partial charge in [0.15, 0.2) is 0 Å². The number of carbonyl (C=O) groups is 5. The van der Waals surface area contributed by atoms with Crippen LogP contribution in [0.15, 0.2) is 146 Å². The van der Waals surface area contributed by atoms with Crippen LogP contribution in [0.2, 0.25) is 0 Å². The van der Waals surface area contributed by atoms with Crippen molar-refractivity contribution in [2.75, 3.05) is 74.4 Å². The predicted molar refractivity (Wildman–Crippen MR) is 338 cm³/mol. The molecule has 6 aromatic rings. The molecular formula is C64H78N6O13S3. The Kier molecular flexibility index (Phi) is 25.9. The van der Waals surface area contributed by atoms with Gasteiger partial charge in [0.25, 0.3) is 5.91 Å². The Bertz CT molecular complexity index is 3020. The molecule has 5 aliphatic rings. The summed E-state index contributed by atoms with van der Waals surface area (Å²) in [7, 11) is 6.16. The molecular weight excluding hydrogens is 1160 g/mol. The summed E-state index contributed by atoms with van der Waals surface area (Å²) in [5, 5.41) is 12.4. The largest absolute Gasteiger partial charge is 0.491 e. The molecule has 0 unspecified atom stereocenters. The van der Waals surface area contributed by atoms with Gasteiger partial charge >= 0.3 is 24.0 Å². The van der Waals surface area contributed by atoms with E-state index in [0.29, 0.717) is 87.2 Å². The Morgan fingerprint density at radius 2 is 0.860 bits per heavy atom. The predicted octanol–water partition coefficient (Wildman–Crippen LogP) is 9.65. The number of methoxy groups -OCH3 is 4. The lowest BCUT2D eigenvalue weighted by molar-refractivity contribution is 0.0395. The number of hydrogen-bond donors (Lipinski definition) is 3. The minimum atomic E-state index is -0.607. The number of esters is 2. The van der Waals surface area contributed by atoms with E-state index < -0.39 is 11.9 Å². The summed E-state index contributed by atoms with van der Waals surface area (Å²) in [5.74, 6) is 0.517. The maximum atomic E-state index is 13.6. The first-order valence-electron chi connectivity index (χ1n) is 27.9. The zero-order valence-electron chi connectivity index (χ0n) is 48.8. The molecule has 0 radical (unpaired) electrons. The van der Waals surface area contributed by atoms with Crippen molar-refractivity contribution >= 4 is 70.4 Å². The van der Waals surface area contributed by atoms with Crippen LogP contribution in [-0.4, -0.2) is 141 Å². The highest BCUT2D eigenvalue weighted by molar-refractivity contribution is 7.59. The van der Waals surface area contributed by atoms with Gasteiger partial charge < -0.3 is 58.1 Å². The fourth-order valence-electron chi connectivity index (χ4n) is 10.9. The number of hydrogen-bond acceptors (Lipinski definition) is 14. The zero-order valence-corrected chi connectivity index (χ0v) is 51.8. The summed E-state index contributed by atoms with van der Waals surface area (Å²) in [4.78, 5) is 70.0. The van der Waals surface area contributed by atoms with Crippen LogP contribution in [0.1, 0.15) is 108 Å². The molecule has 5 aliphatic heterocycles. The molecule has 5 heterocycles. The van der Waals surface area contributed by atoms with Crippen LogP contribution in [0.25, 0.3) is 0 Å². The molecule has 0 saturated carbocycles. The highest BCUT2D eigenvalue weighted by Crippen LogP contribution is 2.36. The van der Waals surface area contributed by atoms with E-state index in [0.717, 1.165) is 59.3 Å². The summed E-state index contributed by atoms with van der Waals surface area (Å²) in [6.45, 7) is 5.21. The first-order valence-corrected chi connectivity index (χ1v) is 27.9. The van der Waals surface area contributed by atoms with Crippen LogP contribution in [0.4, 0.5) is 9.59 Å². The Morgan fingerprint density at radius 1 is 0.488 bits per heavy atom. The van der Waals surface area contributed by atoms with Crippen LogP contribution in [-0.2, 0) is 38.6 Å². The van der Waals surface area contributed by atoms with Crippen molar-refractivity contribution in [1.29, 1.82) is 0 Å². The van der Waals surface area contributed by atoms with Gasteiger partial charge in [-0.2, -0.15) is 40.5 Å². The fraction of sp³-hybridized carbons (Fsp3) is 0.359. The second-order valence-electron chi connectivity index (χ2n) is 20.7. The number of urea groups is 2. The molecule has 2 fully saturated rings. The minimum absolute atomic E-state index is 0. The highest BCUT2D eigenvalue weighted by atomic mass is 32.1. The summed E-state index contributed by atoms with van der Waals surface area (Å²) in [6, 6.07) is 45.2. The topological polar surface area (TPSA) is 207 Å². The number of benzene rings is 6. The first-order chi connectivity index (χ1) is 40.5. The normalized spacial score (nSPS) is 18.1. The lowest BCUT2D eigenvalue weighted by atomic mass is 10.0. The number of ether oxygens (including phenoxy) is 7. The van der Waals surface area contributed by atoms with Crippen molar-refractivity contribution in [3.8, 4) is 17.2 Å². The molecule has 0 aliphatic carbocycles. The first kappa shape index (κ1) is 67.7. The van der Waals surface area contributed by atoms with Gasteiger partial charge in [-0.05, 0) is 78.8 Å².